The number of carbonyl (C=O) groups is 2. The zero-order valence-corrected chi connectivity index (χ0v) is 22.5. The summed E-state index contributed by atoms with van der Waals surface area (Å²) in [6, 6.07) is 17.1. The molecule has 4 N–H and O–H groups in total. The van der Waals surface area contributed by atoms with E-state index >= 15 is 0 Å². The van der Waals surface area contributed by atoms with Crippen LogP contribution >= 0.6 is 0 Å². The Labute approximate surface area is 236 Å². The van der Waals surface area contributed by atoms with Crippen LogP contribution in [0.5, 0.6) is 0 Å². The molecule has 3 aromatic rings. The third-order valence-electron chi connectivity index (χ3n) is 7.19. The second-order valence-electron chi connectivity index (χ2n) is 10.1. The van der Waals surface area contributed by atoms with E-state index in [4.69, 9.17) is 11.3 Å². The minimum absolute atomic E-state index is 0.0213. The van der Waals surface area contributed by atoms with Gasteiger partial charge in [-0.25, -0.2) is 10.3 Å². The lowest BCUT2D eigenvalue weighted by molar-refractivity contribution is -0.138. The van der Waals surface area contributed by atoms with E-state index in [1.165, 1.54) is 60.9 Å². The summed E-state index contributed by atoms with van der Waals surface area (Å²) in [5.41, 5.74) is 14.1. The van der Waals surface area contributed by atoms with Gasteiger partial charge in [-0.1, -0.05) is 49.6 Å². The summed E-state index contributed by atoms with van der Waals surface area (Å²) in [6.45, 7) is 1.44. The van der Waals surface area contributed by atoms with E-state index in [1.807, 2.05) is 24.3 Å². The Morgan fingerprint density at radius 3 is 2.27 bits per heavy atom. The van der Waals surface area contributed by atoms with E-state index in [9.17, 15) is 22.8 Å². The van der Waals surface area contributed by atoms with E-state index in [1.54, 1.807) is 12.1 Å². The molecule has 0 radical (unpaired) electrons. The first-order valence-electron chi connectivity index (χ1n) is 13.3. The molecule has 1 aliphatic rings. The summed E-state index contributed by atoms with van der Waals surface area (Å²) in [5, 5.41) is 5.51. The number of anilines is 2. The maximum Gasteiger partial charge on any atom is 0.416 e. The number of benzene rings is 3. The van der Waals surface area contributed by atoms with Gasteiger partial charge in [-0.2, -0.15) is 18.2 Å². The number of nitrogens with zero attached hydrogens (tertiary/aromatic N) is 3. The molecule has 1 fully saturated rings. The monoisotopic (exact) mass is 564 g/mol. The fourth-order valence-corrected chi connectivity index (χ4v) is 4.97. The van der Waals surface area contributed by atoms with Gasteiger partial charge in [-0.05, 0) is 78.8 Å². The van der Waals surface area contributed by atoms with Crippen LogP contribution in [-0.4, -0.2) is 17.9 Å². The van der Waals surface area contributed by atoms with Crippen molar-refractivity contribution in [1.82, 2.24) is 0 Å². The average molecular weight is 565 g/mol. The lowest BCUT2D eigenvalue weighted by Crippen LogP contribution is -2.34. The molecule has 0 bridgehead atoms. The highest BCUT2D eigenvalue weighted by atomic mass is 19.4. The highest BCUT2D eigenvalue weighted by Gasteiger charge is 2.32. The average Bonchev–Trinajstić information content (AvgIpc) is 2.97. The van der Waals surface area contributed by atoms with E-state index < -0.39 is 29.6 Å². The van der Waals surface area contributed by atoms with Crippen LogP contribution in [0.3, 0.4) is 0 Å². The fraction of sp³-hybridized carbons (Fsp3) is 0.300. The fourth-order valence-electron chi connectivity index (χ4n) is 4.97. The molecule has 1 aliphatic carbocycles. The zero-order chi connectivity index (χ0) is 29.6. The van der Waals surface area contributed by atoms with Crippen LogP contribution in [0.4, 0.5) is 29.3 Å². The molecule has 41 heavy (non-hydrogen) atoms. The van der Waals surface area contributed by atoms with Crippen molar-refractivity contribution in [2.45, 2.75) is 57.7 Å². The summed E-state index contributed by atoms with van der Waals surface area (Å²) in [6.07, 6.45) is 1.30. The Bertz CT molecular complexity index is 1430. The van der Waals surface area contributed by atoms with Crippen molar-refractivity contribution in [1.29, 1.82) is 5.53 Å². The first-order chi connectivity index (χ1) is 19.5. The normalized spacial score (nSPS) is 14.4. The van der Waals surface area contributed by atoms with Crippen molar-refractivity contribution < 1.29 is 22.8 Å². The number of hydrogen-bond acceptors (Lipinski definition) is 3. The van der Waals surface area contributed by atoms with Gasteiger partial charge in [0.25, 0.3) is 5.91 Å². The van der Waals surface area contributed by atoms with Gasteiger partial charge in [0, 0.05) is 16.9 Å². The molecule has 3 amide bonds. The minimum Gasteiger partial charge on any atom is -0.366 e. The molecule has 0 atom stereocenters. The first kappa shape index (κ1) is 29.4. The van der Waals surface area contributed by atoms with E-state index in [0.717, 1.165) is 18.9 Å². The van der Waals surface area contributed by atoms with Gasteiger partial charge in [-0.15, -0.1) is 5.11 Å². The molecule has 0 aromatic heterocycles. The Hall–Kier alpha value is -4.54. The summed E-state index contributed by atoms with van der Waals surface area (Å²) < 4.78 is 40.4. The number of rotatable bonds is 6. The summed E-state index contributed by atoms with van der Waals surface area (Å²) in [4.78, 5) is 30.6. The lowest BCUT2D eigenvalue weighted by atomic mass is 9.84. The smallest absolute Gasteiger partial charge is 0.366 e. The number of carbonyl (C=O) groups excluding carboxylic acids is 2. The molecule has 0 spiro atoms. The third-order valence-corrected chi connectivity index (χ3v) is 7.19. The Balaban J connectivity index is 1.61. The highest BCUT2D eigenvalue weighted by molar-refractivity contribution is 6.03. The Morgan fingerprint density at radius 2 is 1.66 bits per heavy atom. The third kappa shape index (κ3) is 7.56. The maximum absolute atomic E-state index is 13.5. The molecule has 0 saturated heterocycles. The molecule has 214 valence electrons. The van der Waals surface area contributed by atoms with Crippen LogP contribution in [0.2, 0.25) is 0 Å². The summed E-state index contributed by atoms with van der Waals surface area (Å²) in [5.74, 6) is -0.667. The predicted octanol–water partition coefficient (Wildman–Crippen LogP) is 7.79. The van der Waals surface area contributed by atoms with Crippen LogP contribution in [0.15, 0.2) is 76.8 Å². The molecular formula is C30H31F3N6O2. The molecule has 8 nitrogen and oxygen atoms in total. The second-order valence-corrected chi connectivity index (χ2v) is 10.1. The molecule has 11 heteroatoms. The molecule has 1 saturated carbocycles. The van der Waals surface area contributed by atoms with Crippen molar-refractivity contribution in [3.05, 3.63) is 94.5 Å². The molecule has 0 unspecified atom stereocenters. The van der Waals surface area contributed by atoms with Gasteiger partial charge in [0.1, 0.15) is 0 Å². The molecule has 3 aromatic carbocycles. The van der Waals surface area contributed by atoms with Gasteiger partial charge in [0.05, 0.1) is 12.1 Å². The van der Waals surface area contributed by atoms with Crippen molar-refractivity contribution in [2.24, 2.45) is 15.8 Å². The van der Waals surface area contributed by atoms with Crippen molar-refractivity contribution in [2.75, 3.05) is 10.2 Å². The molecule has 0 heterocycles. The number of halogens is 3. The zero-order valence-electron chi connectivity index (χ0n) is 22.5. The van der Waals surface area contributed by atoms with Gasteiger partial charge < -0.3 is 11.1 Å². The van der Waals surface area contributed by atoms with Crippen LogP contribution < -0.4 is 16.0 Å². The number of alkyl halides is 3. The van der Waals surface area contributed by atoms with E-state index in [2.05, 4.69) is 15.4 Å². The number of aryl methyl sites for hydroxylation is 1. The predicted molar refractivity (Wildman–Crippen MR) is 151 cm³/mol. The largest absolute Gasteiger partial charge is 0.416 e. The SMILES string of the molecule is Cc1ccc(NC(=O)N(Cc2ccc(C(=O)N=C(N)N=N)cc2)c2ccc(C3CCCCC3)cc2)cc1C(F)(F)F. The van der Waals surface area contributed by atoms with E-state index in [-0.39, 0.29) is 23.4 Å². The Kier molecular flexibility index (Phi) is 9.16. The Morgan fingerprint density at radius 1 is 1.00 bits per heavy atom. The topological polar surface area (TPSA) is 124 Å². The quantitative estimate of drug-likeness (QED) is 0.161. The number of amides is 3. The van der Waals surface area contributed by atoms with Gasteiger partial charge in [0.2, 0.25) is 5.96 Å². The molecular weight excluding hydrogens is 533 g/mol. The van der Waals surface area contributed by atoms with Crippen molar-refractivity contribution >= 4 is 29.3 Å². The van der Waals surface area contributed by atoms with Crippen LogP contribution in [0, 0.1) is 12.5 Å². The number of aliphatic imine (C=N–C) groups is 1. The maximum atomic E-state index is 13.5. The van der Waals surface area contributed by atoms with Crippen LogP contribution in [0.1, 0.15) is 70.6 Å². The lowest BCUT2D eigenvalue weighted by Gasteiger charge is -2.26. The van der Waals surface area contributed by atoms with Crippen LogP contribution in [0.25, 0.3) is 0 Å². The second kappa shape index (κ2) is 12.8. The van der Waals surface area contributed by atoms with Crippen LogP contribution in [-0.2, 0) is 12.7 Å². The molecule has 4 rings (SSSR count). The van der Waals surface area contributed by atoms with Gasteiger partial charge in [0.15, 0.2) is 0 Å². The van der Waals surface area contributed by atoms with Crippen molar-refractivity contribution in [3.8, 4) is 0 Å². The van der Waals surface area contributed by atoms with Crippen molar-refractivity contribution in [3.63, 3.8) is 0 Å². The van der Waals surface area contributed by atoms with Gasteiger partial charge >= 0.3 is 12.2 Å². The number of urea groups is 1. The molecule has 0 aliphatic heterocycles. The number of nitrogens with two attached hydrogens (primary N) is 1. The summed E-state index contributed by atoms with van der Waals surface area (Å²) in [7, 11) is 0. The standard InChI is InChI=1S/C30H31F3N6O2/c1-19-7-14-24(17-26(19)30(31,32)33)36-29(41)39(25-15-12-22(13-16-25)21-5-3-2-4-6-21)18-20-8-10-23(11-9-20)27(40)37-28(34)38-35/h7-17,21,35H,2-6,18H2,1H3,(H,36,41)(H2,34,37,40). The number of hydrogen-bond donors (Lipinski definition) is 3. The number of guanidine groups is 1. The minimum atomic E-state index is -4.55. The summed E-state index contributed by atoms with van der Waals surface area (Å²) >= 11 is 0. The number of nitrogens with one attached hydrogen (secondary N) is 2. The van der Waals surface area contributed by atoms with Gasteiger partial charge in [-0.3, -0.25) is 9.69 Å². The van der Waals surface area contributed by atoms with E-state index in [0.29, 0.717) is 17.2 Å². The highest BCUT2D eigenvalue weighted by Crippen LogP contribution is 2.35. The first-order valence-corrected chi connectivity index (χ1v) is 13.3.